The molecule has 0 radical (unpaired) electrons. The summed E-state index contributed by atoms with van der Waals surface area (Å²) in [6, 6.07) is 14.4. The zero-order valence-corrected chi connectivity index (χ0v) is 14.2. The topological polar surface area (TPSA) is 65.5 Å². The van der Waals surface area contributed by atoms with Crippen LogP contribution in [0.3, 0.4) is 0 Å². The lowest BCUT2D eigenvalue weighted by molar-refractivity contribution is 0.0475. The van der Waals surface area contributed by atoms with E-state index in [0.717, 1.165) is 40.6 Å². The molecule has 26 heavy (non-hydrogen) atoms. The van der Waals surface area contributed by atoms with E-state index in [2.05, 4.69) is 10.3 Å². The number of pyridine rings is 1. The molecule has 2 N–H and O–H groups in total. The monoisotopic (exact) mass is 345 g/mol. The molecular weight excluding hydrogens is 326 g/mol. The fraction of sp³-hybridized carbons (Fsp3) is 0.238. The Morgan fingerprint density at radius 2 is 1.81 bits per heavy atom. The first-order chi connectivity index (χ1) is 12.7. The largest absolute Gasteiger partial charge is 0.506 e. The van der Waals surface area contributed by atoms with E-state index >= 15 is 0 Å². The molecule has 2 bridgehead atoms. The van der Waals surface area contributed by atoms with Crippen molar-refractivity contribution in [3.63, 3.8) is 0 Å². The molecule has 0 saturated carbocycles. The van der Waals surface area contributed by atoms with Gasteiger partial charge in [-0.15, -0.1) is 0 Å². The van der Waals surface area contributed by atoms with Gasteiger partial charge in [0.05, 0.1) is 6.20 Å². The van der Waals surface area contributed by atoms with Gasteiger partial charge in [-0.2, -0.15) is 0 Å². The quantitative estimate of drug-likeness (QED) is 0.750. The van der Waals surface area contributed by atoms with Crippen LogP contribution in [0.15, 0.2) is 54.9 Å². The van der Waals surface area contributed by atoms with Crippen LogP contribution in [0.25, 0.3) is 21.9 Å². The minimum Gasteiger partial charge on any atom is -0.506 e. The van der Waals surface area contributed by atoms with Gasteiger partial charge >= 0.3 is 0 Å². The third-order valence-electron chi connectivity index (χ3n) is 5.40. The fourth-order valence-corrected chi connectivity index (χ4v) is 4.16. The molecule has 3 aliphatic heterocycles. The van der Waals surface area contributed by atoms with Gasteiger partial charge in [0.2, 0.25) is 0 Å². The molecule has 1 aromatic heterocycles. The molecular formula is C21H19N3O2. The molecule has 3 fully saturated rings. The highest BCUT2D eigenvalue weighted by molar-refractivity contribution is 6.11. The summed E-state index contributed by atoms with van der Waals surface area (Å²) in [7, 11) is 0. The van der Waals surface area contributed by atoms with Crippen LogP contribution in [-0.4, -0.2) is 46.1 Å². The molecule has 0 spiro atoms. The van der Waals surface area contributed by atoms with Crippen molar-refractivity contribution in [2.75, 3.05) is 13.1 Å². The van der Waals surface area contributed by atoms with Crippen LogP contribution in [0.4, 0.5) is 0 Å². The molecule has 130 valence electrons. The average Bonchev–Trinajstić information content (AvgIpc) is 2.66. The van der Waals surface area contributed by atoms with Crippen molar-refractivity contribution in [2.45, 2.75) is 18.5 Å². The Balaban J connectivity index is 1.60. The molecule has 3 saturated heterocycles. The highest BCUT2D eigenvalue weighted by atomic mass is 16.3. The summed E-state index contributed by atoms with van der Waals surface area (Å²) in [4.78, 5) is 19.2. The second kappa shape index (κ2) is 5.81. The minimum absolute atomic E-state index is 0.0954. The summed E-state index contributed by atoms with van der Waals surface area (Å²) in [6.07, 6.45) is 4.32. The maximum atomic E-state index is 13.1. The van der Waals surface area contributed by atoms with E-state index in [-0.39, 0.29) is 11.7 Å². The van der Waals surface area contributed by atoms with E-state index in [1.165, 1.54) is 12.6 Å². The summed E-state index contributed by atoms with van der Waals surface area (Å²) in [5, 5.41) is 15.2. The number of aromatic hydroxyl groups is 1. The zero-order chi connectivity index (χ0) is 17.7. The summed E-state index contributed by atoms with van der Waals surface area (Å²) in [5.74, 6) is 0.227. The number of amides is 1. The van der Waals surface area contributed by atoms with Crippen LogP contribution in [0, 0.1) is 0 Å². The first-order valence-corrected chi connectivity index (χ1v) is 8.90. The molecule has 2 unspecified atom stereocenters. The van der Waals surface area contributed by atoms with Crippen molar-refractivity contribution < 1.29 is 9.90 Å². The van der Waals surface area contributed by atoms with Gasteiger partial charge in [-0.25, -0.2) is 0 Å². The zero-order valence-electron chi connectivity index (χ0n) is 14.2. The number of aromatic nitrogens is 1. The molecule has 1 amide bonds. The number of hydrogen-bond donors (Lipinski definition) is 2. The number of benzene rings is 2. The summed E-state index contributed by atoms with van der Waals surface area (Å²) in [6.45, 7) is 1.56. The number of carbonyl (C=O) groups is 1. The Kier molecular flexibility index (Phi) is 3.43. The summed E-state index contributed by atoms with van der Waals surface area (Å²) in [5.41, 5.74) is 2.53. The van der Waals surface area contributed by atoms with E-state index in [1.807, 2.05) is 41.3 Å². The lowest BCUT2D eigenvalue weighted by Crippen LogP contribution is -2.67. The summed E-state index contributed by atoms with van der Waals surface area (Å²) < 4.78 is 0. The third kappa shape index (κ3) is 2.44. The number of fused-ring (bicyclic) bond motifs is 3. The second-order valence-corrected chi connectivity index (χ2v) is 7.14. The average molecular weight is 345 g/mol. The molecule has 3 aromatic rings. The summed E-state index contributed by atoms with van der Waals surface area (Å²) >= 11 is 0. The van der Waals surface area contributed by atoms with E-state index in [1.54, 1.807) is 12.3 Å². The van der Waals surface area contributed by atoms with E-state index in [9.17, 15) is 9.90 Å². The Morgan fingerprint density at radius 3 is 2.54 bits per heavy atom. The lowest BCUT2D eigenvalue weighted by Gasteiger charge is -2.48. The lowest BCUT2D eigenvalue weighted by atomic mass is 9.90. The minimum atomic E-state index is 0.0954. The number of carbonyl (C=O) groups excluding carboxylic acids is 1. The maximum absolute atomic E-state index is 13.1. The molecule has 2 aromatic carbocycles. The molecule has 5 nitrogen and oxygen atoms in total. The standard InChI is InChI=1S/C21H19N3O2/c25-16-7-13(9-22-10-16)17-5-6-20(19-4-2-1-3-18(17)19)21(26)24-11-14-8-15(12-24)23-14/h1-7,9-10,14-15,23,25H,8,11-12H2. The van der Waals surface area contributed by atoms with Gasteiger partial charge in [0.15, 0.2) is 0 Å². The van der Waals surface area contributed by atoms with E-state index in [0.29, 0.717) is 12.1 Å². The van der Waals surface area contributed by atoms with Crippen molar-refractivity contribution in [1.82, 2.24) is 15.2 Å². The van der Waals surface area contributed by atoms with Crippen molar-refractivity contribution in [3.8, 4) is 16.9 Å². The van der Waals surface area contributed by atoms with Crippen LogP contribution >= 0.6 is 0 Å². The van der Waals surface area contributed by atoms with Gasteiger partial charge in [-0.1, -0.05) is 30.3 Å². The SMILES string of the molecule is O=C(c1ccc(-c2cncc(O)c2)c2ccccc12)N1CC2CC(C1)N2. The van der Waals surface area contributed by atoms with Crippen LogP contribution in [0.5, 0.6) is 5.75 Å². The van der Waals surface area contributed by atoms with Crippen LogP contribution in [-0.2, 0) is 0 Å². The smallest absolute Gasteiger partial charge is 0.254 e. The molecule has 5 heteroatoms. The van der Waals surface area contributed by atoms with Crippen molar-refractivity contribution in [3.05, 3.63) is 60.4 Å². The number of nitrogens with zero attached hydrogens (tertiary/aromatic N) is 2. The molecule has 3 aliphatic rings. The van der Waals surface area contributed by atoms with Gasteiger partial charge in [0.1, 0.15) is 5.75 Å². The second-order valence-electron chi connectivity index (χ2n) is 7.14. The van der Waals surface area contributed by atoms with Gasteiger partial charge < -0.3 is 15.3 Å². The molecule has 4 heterocycles. The van der Waals surface area contributed by atoms with Crippen LogP contribution in [0.1, 0.15) is 16.8 Å². The maximum Gasteiger partial charge on any atom is 0.254 e. The first kappa shape index (κ1) is 15.3. The van der Waals surface area contributed by atoms with Gasteiger partial charge in [0, 0.05) is 42.5 Å². The number of nitrogens with one attached hydrogen (secondary N) is 1. The fourth-order valence-electron chi connectivity index (χ4n) is 4.16. The highest BCUT2D eigenvalue weighted by Crippen LogP contribution is 2.33. The number of rotatable bonds is 2. The number of piperidine rings is 1. The van der Waals surface area contributed by atoms with Crippen molar-refractivity contribution in [2.24, 2.45) is 0 Å². The Morgan fingerprint density at radius 1 is 1.08 bits per heavy atom. The van der Waals surface area contributed by atoms with Crippen LogP contribution < -0.4 is 5.32 Å². The van der Waals surface area contributed by atoms with Crippen molar-refractivity contribution >= 4 is 16.7 Å². The Hall–Kier alpha value is -2.92. The predicted octanol–water partition coefficient (Wildman–Crippen LogP) is 2.79. The Labute approximate surface area is 151 Å². The van der Waals surface area contributed by atoms with Gasteiger partial charge in [-0.3, -0.25) is 9.78 Å². The molecule has 2 atom stereocenters. The normalized spacial score (nSPS) is 21.5. The highest BCUT2D eigenvalue weighted by Gasteiger charge is 2.38. The molecule has 0 aliphatic carbocycles. The first-order valence-electron chi connectivity index (χ1n) is 8.90. The number of hydrogen-bond acceptors (Lipinski definition) is 4. The predicted molar refractivity (Wildman–Crippen MR) is 100 cm³/mol. The van der Waals surface area contributed by atoms with E-state index in [4.69, 9.17) is 0 Å². The van der Waals surface area contributed by atoms with Crippen LogP contribution in [0.2, 0.25) is 0 Å². The van der Waals surface area contributed by atoms with E-state index < -0.39 is 0 Å². The van der Waals surface area contributed by atoms with Gasteiger partial charge in [-0.05, 0) is 34.9 Å². The third-order valence-corrected chi connectivity index (χ3v) is 5.40. The Bertz CT molecular complexity index is 1000. The number of piperazine rings is 1. The van der Waals surface area contributed by atoms with Gasteiger partial charge in [0.25, 0.3) is 5.91 Å². The van der Waals surface area contributed by atoms with Crippen molar-refractivity contribution in [1.29, 1.82) is 0 Å². The molecule has 6 rings (SSSR count).